The van der Waals surface area contributed by atoms with E-state index in [9.17, 15) is 0 Å². The Morgan fingerprint density at radius 3 is 2.85 bits per heavy atom. The van der Waals surface area contributed by atoms with Crippen LogP contribution in [0.25, 0.3) is 5.65 Å². The predicted molar refractivity (Wildman–Crippen MR) is 106 cm³/mol. The van der Waals surface area contributed by atoms with Crippen LogP contribution in [0.2, 0.25) is 0 Å². The number of hydrogen-bond donors (Lipinski definition) is 1. The van der Waals surface area contributed by atoms with Crippen LogP contribution in [0.3, 0.4) is 0 Å². The second kappa shape index (κ2) is 6.87. The molecule has 7 nitrogen and oxygen atoms in total. The average Bonchev–Trinajstić information content (AvgIpc) is 3.04. The first-order chi connectivity index (χ1) is 12.6. The molecule has 0 saturated carbocycles. The number of aromatic nitrogens is 4. The van der Waals surface area contributed by atoms with Gasteiger partial charge in [0.25, 0.3) is 0 Å². The van der Waals surface area contributed by atoms with E-state index in [2.05, 4.69) is 53.7 Å². The maximum absolute atomic E-state index is 4.62. The van der Waals surface area contributed by atoms with Crippen molar-refractivity contribution in [1.82, 2.24) is 25.1 Å². The molecule has 0 bridgehead atoms. The van der Waals surface area contributed by atoms with Crippen molar-refractivity contribution in [3.63, 3.8) is 0 Å². The molecule has 26 heavy (non-hydrogen) atoms. The second-order valence-electron chi connectivity index (χ2n) is 6.25. The zero-order valence-electron chi connectivity index (χ0n) is 14.5. The molecular formula is C18H18BrN7. The van der Waals surface area contributed by atoms with Gasteiger partial charge in [-0.3, -0.25) is 4.99 Å². The van der Waals surface area contributed by atoms with Gasteiger partial charge in [-0.1, -0.05) is 34.1 Å². The van der Waals surface area contributed by atoms with Crippen LogP contribution in [0.5, 0.6) is 0 Å². The van der Waals surface area contributed by atoms with Crippen molar-refractivity contribution in [3.8, 4) is 0 Å². The van der Waals surface area contributed by atoms with Gasteiger partial charge in [0.05, 0.1) is 6.54 Å². The average molecular weight is 412 g/mol. The maximum atomic E-state index is 4.62. The van der Waals surface area contributed by atoms with Gasteiger partial charge in [-0.25, -0.2) is 0 Å². The zero-order valence-corrected chi connectivity index (χ0v) is 16.1. The summed E-state index contributed by atoms with van der Waals surface area (Å²) >= 11 is 3.44. The van der Waals surface area contributed by atoms with E-state index in [1.54, 1.807) is 4.52 Å². The minimum Gasteiger partial charge on any atom is -0.361 e. The van der Waals surface area contributed by atoms with Crippen molar-refractivity contribution in [2.24, 2.45) is 4.99 Å². The number of benzene rings is 1. The number of nitrogens with one attached hydrogen (secondary N) is 1. The van der Waals surface area contributed by atoms with Crippen LogP contribution in [0, 0.1) is 0 Å². The summed E-state index contributed by atoms with van der Waals surface area (Å²) in [5, 5.41) is 16.4. The van der Waals surface area contributed by atoms with Crippen molar-refractivity contribution < 1.29 is 0 Å². The number of hydrogen-bond acceptors (Lipinski definition) is 6. The van der Waals surface area contributed by atoms with Gasteiger partial charge in [-0.2, -0.15) is 4.52 Å². The van der Waals surface area contributed by atoms with Crippen molar-refractivity contribution in [2.75, 3.05) is 25.5 Å². The van der Waals surface area contributed by atoms with E-state index >= 15 is 0 Å². The van der Waals surface area contributed by atoms with Crippen molar-refractivity contribution in [3.05, 3.63) is 64.0 Å². The van der Waals surface area contributed by atoms with Crippen molar-refractivity contribution in [2.45, 2.75) is 6.42 Å². The van der Waals surface area contributed by atoms with E-state index < -0.39 is 0 Å². The summed E-state index contributed by atoms with van der Waals surface area (Å²) in [5.41, 5.74) is 2.93. The molecule has 132 valence electrons. The number of aliphatic imine (C=N–C) groups is 1. The second-order valence-corrected chi connectivity index (χ2v) is 7.27. The highest BCUT2D eigenvalue weighted by Crippen LogP contribution is 2.15. The molecular weight excluding hydrogens is 394 g/mol. The first-order valence-corrected chi connectivity index (χ1v) is 9.03. The molecule has 4 rings (SSSR count). The van der Waals surface area contributed by atoms with Gasteiger partial charge in [0.2, 0.25) is 0 Å². The Labute approximate surface area is 159 Å². The largest absolute Gasteiger partial charge is 0.361 e. The highest BCUT2D eigenvalue weighted by atomic mass is 79.9. The highest BCUT2D eigenvalue weighted by molar-refractivity contribution is 9.11. The SMILES string of the molecule is CN(C)c1ccc2nnc(Cc3cccc(C4=NCC(Br)=CN4)c3)n2n1. The molecule has 3 heterocycles. The summed E-state index contributed by atoms with van der Waals surface area (Å²) in [4.78, 5) is 6.50. The number of rotatable bonds is 4. The van der Waals surface area contributed by atoms with Crippen molar-refractivity contribution >= 4 is 33.2 Å². The summed E-state index contributed by atoms with van der Waals surface area (Å²) in [6, 6.07) is 12.1. The molecule has 0 unspecified atom stereocenters. The lowest BCUT2D eigenvalue weighted by Gasteiger charge is -2.13. The molecule has 8 heteroatoms. The number of anilines is 1. The Balaban J connectivity index is 1.63. The highest BCUT2D eigenvalue weighted by Gasteiger charge is 2.12. The Morgan fingerprint density at radius 2 is 2.08 bits per heavy atom. The first kappa shape index (κ1) is 16.7. The summed E-state index contributed by atoms with van der Waals surface area (Å²) in [6.07, 6.45) is 2.57. The van der Waals surface area contributed by atoms with E-state index in [-0.39, 0.29) is 0 Å². The summed E-state index contributed by atoms with van der Waals surface area (Å²) in [6.45, 7) is 0.651. The standard InChI is InChI=1S/C18H18BrN7/c1-25(2)16-7-6-15-22-23-17(26(15)24-16)9-12-4-3-5-13(8-12)18-20-10-14(19)11-21-18/h3-8,10H,9,11H2,1-2H3,(H,20,21). The lowest BCUT2D eigenvalue weighted by Crippen LogP contribution is -2.23. The Morgan fingerprint density at radius 1 is 1.19 bits per heavy atom. The maximum Gasteiger partial charge on any atom is 0.178 e. The Kier molecular flexibility index (Phi) is 4.42. The Hall–Kier alpha value is -2.74. The van der Waals surface area contributed by atoms with E-state index in [1.165, 1.54) is 0 Å². The van der Waals surface area contributed by atoms with E-state index in [4.69, 9.17) is 0 Å². The fourth-order valence-corrected chi connectivity index (χ4v) is 2.99. The van der Waals surface area contributed by atoms with Gasteiger partial charge in [-0.05, 0) is 23.8 Å². The normalized spacial score (nSPS) is 14.0. The zero-order chi connectivity index (χ0) is 18.1. The van der Waals surface area contributed by atoms with Crippen LogP contribution in [0.1, 0.15) is 17.0 Å². The van der Waals surface area contributed by atoms with Crippen LogP contribution in [0.4, 0.5) is 5.82 Å². The monoisotopic (exact) mass is 411 g/mol. The molecule has 1 aliphatic rings. The fourth-order valence-electron chi connectivity index (χ4n) is 2.75. The van der Waals surface area contributed by atoms with Crippen molar-refractivity contribution in [1.29, 1.82) is 0 Å². The molecule has 0 saturated heterocycles. The van der Waals surface area contributed by atoms with Gasteiger partial charge in [-0.15, -0.1) is 15.3 Å². The van der Waals surface area contributed by atoms with Crippen LogP contribution < -0.4 is 10.2 Å². The smallest absolute Gasteiger partial charge is 0.178 e. The molecule has 0 spiro atoms. The number of amidine groups is 1. The van der Waals surface area contributed by atoms with Gasteiger partial charge < -0.3 is 10.2 Å². The number of fused-ring (bicyclic) bond motifs is 1. The van der Waals surface area contributed by atoms with Gasteiger partial charge in [0, 0.05) is 36.8 Å². The van der Waals surface area contributed by atoms with E-state index in [0.717, 1.165) is 38.7 Å². The summed E-state index contributed by atoms with van der Waals surface area (Å²) in [5.74, 6) is 2.54. The summed E-state index contributed by atoms with van der Waals surface area (Å²) in [7, 11) is 3.93. The third-order valence-electron chi connectivity index (χ3n) is 4.09. The predicted octanol–water partition coefficient (Wildman–Crippen LogP) is 2.37. The molecule has 0 radical (unpaired) electrons. The minimum atomic E-state index is 0.645. The van der Waals surface area contributed by atoms with E-state index in [1.807, 2.05) is 49.5 Å². The quantitative estimate of drug-likeness (QED) is 0.713. The molecule has 3 aromatic rings. The number of halogens is 1. The van der Waals surface area contributed by atoms with Crippen LogP contribution in [0.15, 0.2) is 52.1 Å². The van der Waals surface area contributed by atoms with Crippen LogP contribution in [-0.4, -0.2) is 46.3 Å². The van der Waals surface area contributed by atoms with E-state index in [0.29, 0.717) is 13.0 Å². The summed E-state index contributed by atoms with van der Waals surface area (Å²) < 4.78 is 2.84. The lowest BCUT2D eigenvalue weighted by molar-refractivity contribution is 0.826. The molecule has 1 aromatic carbocycles. The molecule has 0 aliphatic carbocycles. The van der Waals surface area contributed by atoms with Gasteiger partial charge in [0.15, 0.2) is 11.5 Å². The molecule has 0 amide bonds. The van der Waals surface area contributed by atoms with Gasteiger partial charge >= 0.3 is 0 Å². The minimum absolute atomic E-state index is 0.645. The van der Waals surface area contributed by atoms with Crippen LogP contribution in [-0.2, 0) is 6.42 Å². The Bertz CT molecular complexity index is 1020. The van der Waals surface area contributed by atoms with Gasteiger partial charge in [0.1, 0.15) is 11.7 Å². The fraction of sp³-hybridized carbons (Fsp3) is 0.222. The van der Waals surface area contributed by atoms with Crippen LogP contribution >= 0.6 is 15.9 Å². The molecule has 2 aromatic heterocycles. The third kappa shape index (κ3) is 3.32. The molecule has 1 aliphatic heterocycles. The number of nitrogens with zero attached hydrogens (tertiary/aromatic N) is 6. The lowest BCUT2D eigenvalue weighted by atomic mass is 10.1. The first-order valence-electron chi connectivity index (χ1n) is 8.23. The third-order valence-corrected chi connectivity index (χ3v) is 4.57. The topological polar surface area (TPSA) is 70.7 Å². The molecule has 1 N–H and O–H groups in total. The molecule has 0 fully saturated rings. The molecule has 0 atom stereocenters.